The molecule has 150 valence electrons. The van der Waals surface area contributed by atoms with Gasteiger partial charge in [0.05, 0.1) is 26.4 Å². The summed E-state index contributed by atoms with van der Waals surface area (Å²) in [5, 5.41) is 0. The first-order valence-electron chi connectivity index (χ1n) is 10.8. The standard InChI is InChI=1S/C25H33NO2/c1-26(24-12-8-20(9-13-24)4-2-6-22-16-27-17-22)25-14-10-21(11-15-25)5-3-7-23-18-28-19-23/h8-15,22-23H,2-7,16-19H2,1H3. The van der Waals surface area contributed by atoms with Gasteiger partial charge in [-0.3, -0.25) is 0 Å². The molecule has 0 amide bonds. The van der Waals surface area contributed by atoms with Crippen molar-refractivity contribution in [2.24, 2.45) is 11.8 Å². The van der Waals surface area contributed by atoms with E-state index in [9.17, 15) is 0 Å². The Hall–Kier alpha value is -1.84. The molecule has 0 saturated carbocycles. The normalized spacial score (nSPS) is 17.2. The number of nitrogens with zero attached hydrogens (tertiary/aromatic N) is 1. The van der Waals surface area contributed by atoms with Crippen LogP contribution in [0.4, 0.5) is 11.4 Å². The zero-order valence-electron chi connectivity index (χ0n) is 17.1. The van der Waals surface area contributed by atoms with Crippen LogP contribution in [0, 0.1) is 11.8 Å². The van der Waals surface area contributed by atoms with Crippen LogP contribution in [0.1, 0.15) is 36.8 Å². The van der Waals surface area contributed by atoms with Crippen molar-refractivity contribution >= 4 is 11.4 Å². The lowest BCUT2D eigenvalue weighted by Crippen LogP contribution is -2.27. The largest absolute Gasteiger partial charge is 0.381 e. The fraction of sp³-hybridized carbons (Fsp3) is 0.520. The summed E-state index contributed by atoms with van der Waals surface area (Å²) in [7, 11) is 2.15. The second-order valence-electron chi connectivity index (χ2n) is 8.48. The molecule has 2 saturated heterocycles. The van der Waals surface area contributed by atoms with Crippen LogP contribution in [0.2, 0.25) is 0 Å². The lowest BCUT2D eigenvalue weighted by Gasteiger charge is -2.25. The van der Waals surface area contributed by atoms with Gasteiger partial charge in [0.15, 0.2) is 0 Å². The highest BCUT2D eigenvalue weighted by atomic mass is 16.5. The quantitative estimate of drug-likeness (QED) is 0.552. The Morgan fingerprint density at radius 2 is 1.07 bits per heavy atom. The number of hydrogen-bond acceptors (Lipinski definition) is 3. The summed E-state index contributed by atoms with van der Waals surface area (Å²) in [6.45, 7) is 3.88. The zero-order valence-corrected chi connectivity index (χ0v) is 17.1. The van der Waals surface area contributed by atoms with Crippen molar-refractivity contribution in [1.29, 1.82) is 0 Å². The maximum absolute atomic E-state index is 5.25. The molecular weight excluding hydrogens is 346 g/mol. The maximum atomic E-state index is 5.25. The number of hydrogen-bond donors (Lipinski definition) is 0. The second kappa shape index (κ2) is 9.58. The minimum absolute atomic E-state index is 0.806. The molecule has 3 heteroatoms. The van der Waals surface area contributed by atoms with Crippen molar-refractivity contribution in [3.8, 4) is 0 Å². The molecule has 0 aliphatic carbocycles. The Labute approximate surface area is 169 Å². The van der Waals surface area contributed by atoms with Crippen LogP contribution in [0.5, 0.6) is 0 Å². The lowest BCUT2D eigenvalue weighted by molar-refractivity contribution is -0.0362. The van der Waals surface area contributed by atoms with Crippen LogP contribution in [-0.2, 0) is 22.3 Å². The topological polar surface area (TPSA) is 21.7 Å². The van der Waals surface area contributed by atoms with Crippen LogP contribution in [0.3, 0.4) is 0 Å². The van der Waals surface area contributed by atoms with E-state index in [0.717, 1.165) is 38.3 Å². The smallest absolute Gasteiger partial charge is 0.0516 e. The fourth-order valence-electron chi connectivity index (χ4n) is 4.01. The Morgan fingerprint density at radius 1 is 0.679 bits per heavy atom. The molecule has 2 aromatic carbocycles. The third kappa shape index (κ3) is 5.15. The van der Waals surface area contributed by atoms with E-state index in [2.05, 4.69) is 60.5 Å². The van der Waals surface area contributed by atoms with Crippen molar-refractivity contribution in [2.45, 2.75) is 38.5 Å². The van der Waals surface area contributed by atoms with E-state index in [0.29, 0.717) is 0 Å². The Bertz CT molecular complexity index is 654. The molecule has 0 bridgehead atoms. The highest BCUT2D eigenvalue weighted by molar-refractivity contribution is 5.62. The SMILES string of the molecule is CN(c1ccc(CCCC2COC2)cc1)c1ccc(CCCC2COC2)cc1. The average Bonchev–Trinajstić information content (AvgIpc) is 2.66. The monoisotopic (exact) mass is 379 g/mol. The Balaban J connectivity index is 1.24. The Kier molecular flexibility index (Phi) is 6.66. The summed E-state index contributed by atoms with van der Waals surface area (Å²) in [6.07, 6.45) is 7.45. The number of ether oxygens (including phenoxy) is 2. The summed E-state index contributed by atoms with van der Waals surface area (Å²) < 4.78 is 10.5. The molecule has 28 heavy (non-hydrogen) atoms. The van der Waals surface area contributed by atoms with Gasteiger partial charge in [0.25, 0.3) is 0 Å². The van der Waals surface area contributed by atoms with Gasteiger partial charge in [-0.05, 0) is 73.9 Å². The maximum Gasteiger partial charge on any atom is 0.0516 e. The molecule has 2 aromatic rings. The molecule has 0 radical (unpaired) electrons. The first-order valence-corrected chi connectivity index (χ1v) is 10.8. The van der Waals surface area contributed by atoms with Gasteiger partial charge >= 0.3 is 0 Å². The predicted octanol–water partition coefficient (Wildman–Crippen LogP) is 5.39. The van der Waals surface area contributed by atoms with Crippen molar-refractivity contribution in [3.05, 3.63) is 59.7 Å². The van der Waals surface area contributed by atoms with Crippen LogP contribution >= 0.6 is 0 Å². The molecule has 4 rings (SSSR count). The summed E-state index contributed by atoms with van der Waals surface area (Å²) in [5.41, 5.74) is 5.36. The van der Waals surface area contributed by atoms with E-state index < -0.39 is 0 Å². The summed E-state index contributed by atoms with van der Waals surface area (Å²) in [6, 6.07) is 18.1. The third-order valence-corrected chi connectivity index (χ3v) is 6.22. The van der Waals surface area contributed by atoms with E-state index in [1.165, 1.54) is 61.0 Å². The zero-order chi connectivity index (χ0) is 19.2. The summed E-state index contributed by atoms with van der Waals surface area (Å²) in [4.78, 5) is 2.27. The predicted molar refractivity (Wildman–Crippen MR) is 115 cm³/mol. The molecule has 2 aliphatic heterocycles. The van der Waals surface area contributed by atoms with Crippen LogP contribution < -0.4 is 4.90 Å². The highest BCUT2D eigenvalue weighted by Crippen LogP contribution is 2.26. The van der Waals surface area contributed by atoms with Gasteiger partial charge in [0.1, 0.15) is 0 Å². The van der Waals surface area contributed by atoms with Gasteiger partial charge < -0.3 is 14.4 Å². The second-order valence-corrected chi connectivity index (χ2v) is 8.48. The lowest BCUT2D eigenvalue weighted by atomic mass is 9.98. The van der Waals surface area contributed by atoms with Crippen molar-refractivity contribution in [3.63, 3.8) is 0 Å². The van der Waals surface area contributed by atoms with Gasteiger partial charge in [-0.25, -0.2) is 0 Å². The molecule has 0 spiro atoms. The van der Waals surface area contributed by atoms with Gasteiger partial charge in [0, 0.05) is 30.3 Å². The number of aryl methyl sites for hydroxylation is 2. The van der Waals surface area contributed by atoms with Gasteiger partial charge in [-0.15, -0.1) is 0 Å². The molecule has 3 nitrogen and oxygen atoms in total. The third-order valence-electron chi connectivity index (χ3n) is 6.22. The average molecular weight is 380 g/mol. The molecule has 0 N–H and O–H groups in total. The molecule has 0 aromatic heterocycles. The summed E-state index contributed by atoms with van der Waals surface area (Å²) >= 11 is 0. The van der Waals surface area contributed by atoms with Gasteiger partial charge in [0.2, 0.25) is 0 Å². The Morgan fingerprint density at radius 3 is 1.39 bits per heavy atom. The molecule has 0 atom stereocenters. The molecule has 2 heterocycles. The summed E-state index contributed by atoms with van der Waals surface area (Å²) in [5.74, 6) is 1.61. The van der Waals surface area contributed by atoms with Crippen molar-refractivity contribution in [2.75, 3.05) is 38.4 Å². The van der Waals surface area contributed by atoms with Crippen LogP contribution in [0.15, 0.2) is 48.5 Å². The van der Waals surface area contributed by atoms with Crippen molar-refractivity contribution in [1.82, 2.24) is 0 Å². The number of benzene rings is 2. The minimum atomic E-state index is 0.806. The van der Waals surface area contributed by atoms with E-state index >= 15 is 0 Å². The molecule has 2 aliphatic rings. The first-order chi connectivity index (χ1) is 13.8. The van der Waals surface area contributed by atoms with Crippen LogP contribution in [-0.4, -0.2) is 33.5 Å². The van der Waals surface area contributed by atoms with E-state index in [1.54, 1.807) is 0 Å². The minimum Gasteiger partial charge on any atom is -0.381 e. The van der Waals surface area contributed by atoms with Crippen molar-refractivity contribution < 1.29 is 9.47 Å². The molecule has 0 unspecified atom stereocenters. The number of rotatable bonds is 10. The van der Waals surface area contributed by atoms with E-state index in [1.807, 2.05) is 0 Å². The van der Waals surface area contributed by atoms with Gasteiger partial charge in [-0.2, -0.15) is 0 Å². The van der Waals surface area contributed by atoms with Crippen LogP contribution in [0.25, 0.3) is 0 Å². The van der Waals surface area contributed by atoms with E-state index in [-0.39, 0.29) is 0 Å². The number of anilines is 2. The first kappa shape index (κ1) is 19.5. The molecule has 2 fully saturated rings. The fourth-order valence-corrected chi connectivity index (χ4v) is 4.01. The highest BCUT2D eigenvalue weighted by Gasteiger charge is 2.18. The van der Waals surface area contributed by atoms with Gasteiger partial charge in [-0.1, -0.05) is 24.3 Å². The molecular formula is C25H33NO2. The van der Waals surface area contributed by atoms with E-state index in [4.69, 9.17) is 9.47 Å².